The molecule has 1 N–H and O–H groups in total. The zero-order chi connectivity index (χ0) is 12.4. The van der Waals surface area contributed by atoms with Gasteiger partial charge in [0.05, 0.1) is 10.5 Å². The van der Waals surface area contributed by atoms with E-state index in [0.717, 1.165) is 35.9 Å². The highest BCUT2D eigenvalue weighted by Gasteiger charge is 2.16. The lowest BCUT2D eigenvalue weighted by Crippen LogP contribution is -2.06. The fourth-order valence-corrected chi connectivity index (χ4v) is 2.44. The summed E-state index contributed by atoms with van der Waals surface area (Å²) in [5, 5.41) is 3.85. The zero-order valence-electron chi connectivity index (χ0n) is 10.1. The maximum absolute atomic E-state index is 13.4. The first-order valence-electron chi connectivity index (χ1n) is 5.73. The first kappa shape index (κ1) is 12.4. The van der Waals surface area contributed by atoms with E-state index in [1.54, 1.807) is 6.07 Å². The van der Waals surface area contributed by atoms with Gasteiger partial charge in [0.15, 0.2) is 0 Å². The minimum absolute atomic E-state index is 0.254. The van der Waals surface area contributed by atoms with E-state index in [0.29, 0.717) is 0 Å². The Morgan fingerprint density at radius 3 is 2.82 bits per heavy atom. The number of halogens is 2. The SMILES string of the molecule is CNC.Fc1cc2c3c(ccn3CCC2)c1Cl. The van der Waals surface area contributed by atoms with Gasteiger partial charge in [0, 0.05) is 18.1 Å². The van der Waals surface area contributed by atoms with Crippen LogP contribution >= 0.6 is 11.6 Å². The van der Waals surface area contributed by atoms with Crippen molar-refractivity contribution in [3.05, 3.63) is 34.7 Å². The van der Waals surface area contributed by atoms with Crippen molar-refractivity contribution in [2.45, 2.75) is 19.4 Å². The molecule has 0 aliphatic carbocycles. The second-order valence-electron chi connectivity index (χ2n) is 4.21. The molecule has 0 atom stereocenters. The van der Waals surface area contributed by atoms with Crippen molar-refractivity contribution < 1.29 is 4.39 Å². The van der Waals surface area contributed by atoms with Gasteiger partial charge in [-0.25, -0.2) is 4.39 Å². The molecule has 0 spiro atoms. The lowest BCUT2D eigenvalue weighted by Gasteiger charge is -2.16. The molecule has 4 heteroatoms. The van der Waals surface area contributed by atoms with Crippen LogP contribution in [0.4, 0.5) is 4.39 Å². The van der Waals surface area contributed by atoms with Crippen LogP contribution in [0.5, 0.6) is 0 Å². The lowest BCUT2D eigenvalue weighted by atomic mass is 10.0. The van der Waals surface area contributed by atoms with E-state index in [2.05, 4.69) is 9.88 Å². The predicted octanol–water partition coefficient (Wildman–Crippen LogP) is 3.22. The van der Waals surface area contributed by atoms with Crippen LogP contribution in [-0.2, 0) is 13.0 Å². The molecule has 1 aromatic carbocycles. The summed E-state index contributed by atoms with van der Waals surface area (Å²) in [7, 11) is 3.75. The monoisotopic (exact) mass is 254 g/mol. The van der Waals surface area contributed by atoms with Gasteiger partial charge in [-0.15, -0.1) is 0 Å². The Kier molecular flexibility index (Phi) is 3.69. The van der Waals surface area contributed by atoms with Gasteiger partial charge in [0.2, 0.25) is 0 Å². The highest BCUT2D eigenvalue weighted by molar-refractivity contribution is 6.35. The molecule has 3 rings (SSSR count). The summed E-state index contributed by atoms with van der Waals surface area (Å²) in [4.78, 5) is 0. The molecular weight excluding hydrogens is 239 g/mol. The Morgan fingerprint density at radius 1 is 1.41 bits per heavy atom. The third kappa shape index (κ3) is 2.17. The van der Waals surface area contributed by atoms with Crippen LogP contribution in [0.15, 0.2) is 18.3 Å². The molecule has 0 saturated carbocycles. The van der Waals surface area contributed by atoms with Crippen molar-refractivity contribution in [3.8, 4) is 0 Å². The second-order valence-corrected chi connectivity index (χ2v) is 4.58. The molecule has 2 heterocycles. The van der Waals surface area contributed by atoms with Gasteiger partial charge in [-0.1, -0.05) is 11.6 Å². The zero-order valence-corrected chi connectivity index (χ0v) is 10.8. The van der Waals surface area contributed by atoms with Crippen molar-refractivity contribution in [3.63, 3.8) is 0 Å². The van der Waals surface area contributed by atoms with Crippen molar-refractivity contribution in [1.82, 2.24) is 9.88 Å². The van der Waals surface area contributed by atoms with E-state index in [9.17, 15) is 4.39 Å². The first-order valence-corrected chi connectivity index (χ1v) is 6.11. The van der Waals surface area contributed by atoms with Crippen molar-refractivity contribution in [1.29, 1.82) is 0 Å². The normalized spacial score (nSPS) is 13.4. The van der Waals surface area contributed by atoms with Crippen molar-refractivity contribution in [2.75, 3.05) is 14.1 Å². The average molecular weight is 255 g/mol. The quantitative estimate of drug-likeness (QED) is 0.764. The smallest absolute Gasteiger partial charge is 0.142 e. The van der Waals surface area contributed by atoms with Crippen LogP contribution < -0.4 is 5.32 Å². The van der Waals surface area contributed by atoms with Gasteiger partial charge in [-0.2, -0.15) is 0 Å². The van der Waals surface area contributed by atoms with Gasteiger partial charge in [-0.3, -0.25) is 0 Å². The number of hydrogen-bond acceptors (Lipinski definition) is 1. The number of aryl methyl sites for hydroxylation is 2. The third-order valence-corrected chi connectivity index (χ3v) is 3.24. The lowest BCUT2D eigenvalue weighted by molar-refractivity contribution is 0.611. The molecule has 1 aliphatic heterocycles. The van der Waals surface area contributed by atoms with Gasteiger partial charge >= 0.3 is 0 Å². The summed E-state index contributed by atoms with van der Waals surface area (Å²) in [5.41, 5.74) is 2.20. The fourth-order valence-electron chi connectivity index (χ4n) is 2.24. The van der Waals surface area contributed by atoms with Crippen LogP contribution in [0.25, 0.3) is 10.9 Å². The Labute approximate surface area is 105 Å². The number of aromatic nitrogens is 1. The maximum atomic E-state index is 13.4. The first-order chi connectivity index (χ1) is 8.19. The van der Waals surface area contributed by atoms with Crippen LogP contribution in [-0.4, -0.2) is 18.7 Å². The molecule has 1 aliphatic rings. The van der Waals surface area contributed by atoms with Crippen LogP contribution in [0.1, 0.15) is 12.0 Å². The Hall–Kier alpha value is -1.06. The summed E-state index contributed by atoms with van der Waals surface area (Å²) in [6.07, 6.45) is 4.02. The molecule has 17 heavy (non-hydrogen) atoms. The van der Waals surface area contributed by atoms with E-state index >= 15 is 0 Å². The molecule has 0 amide bonds. The summed E-state index contributed by atoms with van der Waals surface area (Å²) >= 11 is 5.90. The van der Waals surface area contributed by atoms with Gasteiger partial charge in [0.1, 0.15) is 5.82 Å². The van der Waals surface area contributed by atoms with E-state index in [1.165, 1.54) is 0 Å². The predicted molar refractivity (Wildman–Crippen MR) is 70.2 cm³/mol. The van der Waals surface area contributed by atoms with Crippen molar-refractivity contribution in [2.24, 2.45) is 0 Å². The minimum Gasteiger partial charge on any atom is -0.347 e. The average Bonchev–Trinajstić information content (AvgIpc) is 2.73. The number of nitrogens with one attached hydrogen (secondary N) is 1. The topological polar surface area (TPSA) is 17.0 Å². The van der Waals surface area contributed by atoms with Crippen molar-refractivity contribution >= 4 is 22.5 Å². The molecule has 0 unspecified atom stereocenters. The maximum Gasteiger partial charge on any atom is 0.142 e. The Morgan fingerprint density at radius 2 is 2.12 bits per heavy atom. The van der Waals surface area contributed by atoms with Crippen LogP contribution in [0.3, 0.4) is 0 Å². The third-order valence-electron chi connectivity index (χ3n) is 2.86. The summed E-state index contributed by atoms with van der Waals surface area (Å²) in [6.45, 7) is 1.01. The van der Waals surface area contributed by atoms with Gasteiger partial charge < -0.3 is 9.88 Å². The van der Waals surface area contributed by atoms with E-state index in [4.69, 9.17) is 11.6 Å². The van der Waals surface area contributed by atoms with Gasteiger partial charge in [0.25, 0.3) is 0 Å². The van der Waals surface area contributed by atoms with Crippen LogP contribution in [0, 0.1) is 5.82 Å². The highest BCUT2D eigenvalue weighted by Crippen LogP contribution is 2.33. The summed E-state index contributed by atoms with van der Waals surface area (Å²) in [6, 6.07) is 3.47. The van der Waals surface area contributed by atoms with E-state index in [1.807, 2.05) is 26.4 Å². The standard InChI is InChI=1S/C11H9ClFN.C2H7N/c12-10-8-3-5-14-4-1-2-7(11(8)14)6-9(10)13;1-3-2/h3,5-6H,1-2,4H2;3H,1-2H3. The minimum atomic E-state index is -0.297. The highest BCUT2D eigenvalue weighted by atomic mass is 35.5. The molecule has 0 radical (unpaired) electrons. The van der Waals surface area contributed by atoms with E-state index in [-0.39, 0.29) is 10.8 Å². The number of nitrogens with zero attached hydrogens (tertiary/aromatic N) is 1. The number of rotatable bonds is 0. The molecule has 0 saturated heterocycles. The molecule has 2 nitrogen and oxygen atoms in total. The molecule has 92 valence electrons. The van der Waals surface area contributed by atoms with Crippen LogP contribution in [0.2, 0.25) is 5.02 Å². The fraction of sp³-hybridized carbons (Fsp3) is 0.385. The Balaban J connectivity index is 0.000000329. The summed E-state index contributed by atoms with van der Waals surface area (Å²) in [5.74, 6) is -0.297. The number of hydrogen-bond donors (Lipinski definition) is 1. The summed E-state index contributed by atoms with van der Waals surface area (Å²) < 4.78 is 15.5. The van der Waals surface area contributed by atoms with Gasteiger partial charge in [-0.05, 0) is 44.6 Å². The molecule has 0 bridgehead atoms. The Bertz CT molecular complexity index is 534. The largest absolute Gasteiger partial charge is 0.347 e. The molecule has 1 aromatic heterocycles. The molecular formula is C13H16ClFN2. The van der Waals surface area contributed by atoms with E-state index < -0.39 is 0 Å². The second kappa shape index (κ2) is 5.07. The number of benzene rings is 1. The molecule has 2 aromatic rings. The molecule has 0 fully saturated rings.